The summed E-state index contributed by atoms with van der Waals surface area (Å²) in [4.78, 5) is 0. The largest absolute Gasteiger partial charge is 0.382 e. The smallest absolute Gasteiger partial charge is 0.0342 e. The summed E-state index contributed by atoms with van der Waals surface area (Å²) in [5.41, 5.74) is 9.07. The van der Waals surface area contributed by atoms with Gasteiger partial charge in [0, 0.05) is 17.3 Å². The number of rotatable bonds is 2. The fourth-order valence-corrected chi connectivity index (χ4v) is 2.72. The van der Waals surface area contributed by atoms with Gasteiger partial charge in [0.05, 0.1) is 0 Å². The van der Waals surface area contributed by atoms with E-state index in [4.69, 9.17) is 5.73 Å². The lowest BCUT2D eigenvalue weighted by atomic mass is 9.81. The summed E-state index contributed by atoms with van der Waals surface area (Å²) in [6.45, 7) is 8.91. The maximum Gasteiger partial charge on any atom is 0.0342 e. The number of nitrogens with one attached hydrogen (secondary N) is 1. The van der Waals surface area contributed by atoms with Gasteiger partial charge in [0.2, 0.25) is 0 Å². The molecule has 106 valence electrons. The lowest BCUT2D eigenvalue weighted by Crippen LogP contribution is -2.42. The van der Waals surface area contributed by atoms with E-state index in [1.165, 1.54) is 24.1 Å². The summed E-state index contributed by atoms with van der Waals surface area (Å²) in [6.07, 6.45) is 4.58. The monoisotopic (exact) mass is 260 g/mol. The van der Waals surface area contributed by atoms with Crippen molar-refractivity contribution in [3.05, 3.63) is 29.8 Å². The van der Waals surface area contributed by atoms with E-state index >= 15 is 0 Å². The SMILES string of the molecule is CC1(N)CCC(Nc2ccc(C(C)(C)C)cc2)CC1. The Morgan fingerprint density at radius 3 is 2.11 bits per heavy atom. The zero-order valence-corrected chi connectivity index (χ0v) is 12.8. The molecule has 0 saturated heterocycles. The lowest BCUT2D eigenvalue weighted by Gasteiger charge is -2.35. The summed E-state index contributed by atoms with van der Waals surface area (Å²) in [7, 11) is 0. The maximum absolute atomic E-state index is 6.17. The molecule has 0 bridgehead atoms. The van der Waals surface area contributed by atoms with E-state index in [1.807, 2.05) is 0 Å². The zero-order chi connectivity index (χ0) is 14.1. The van der Waals surface area contributed by atoms with Crippen LogP contribution in [0.25, 0.3) is 0 Å². The van der Waals surface area contributed by atoms with Crippen LogP contribution in [-0.2, 0) is 5.41 Å². The maximum atomic E-state index is 6.17. The molecule has 0 aromatic heterocycles. The van der Waals surface area contributed by atoms with Crippen molar-refractivity contribution in [3.63, 3.8) is 0 Å². The highest BCUT2D eigenvalue weighted by atomic mass is 14.9. The first-order valence-corrected chi connectivity index (χ1v) is 7.42. The molecule has 2 rings (SSSR count). The van der Waals surface area contributed by atoms with Crippen LogP contribution in [0, 0.1) is 0 Å². The normalized spacial score (nSPS) is 28.2. The van der Waals surface area contributed by atoms with Gasteiger partial charge >= 0.3 is 0 Å². The topological polar surface area (TPSA) is 38.0 Å². The van der Waals surface area contributed by atoms with E-state index < -0.39 is 0 Å². The van der Waals surface area contributed by atoms with Crippen molar-refractivity contribution < 1.29 is 0 Å². The molecule has 1 saturated carbocycles. The van der Waals surface area contributed by atoms with Crippen LogP contribution in [0.15, 0.2) is 24.3 Å². The molecule has 19 heavy (non-hydrogen) atoms. The van der Waals surface area contributed by atoms with Crippen molar-refractivity contribution >= 4 is 5.69 Å². The molecule has 0 amide bonds. The average Bonchev–Trinajstić information content (AvgIpc) is 2.31. The highest BCUT2D eigenvalue weighted by Gasteiger charge is 2.27. The zero-order valence-electron chi connectivity index (χ0n) is 12.8. The second-order valence-electron chi connectivity index (χ2n) is 7.40. The third-order valence-corrected chi connectivity index (χ3v) is 4.25. The molecule has 0 spiro atoms. The second-order valence-corrected chi connectivity index (χ2v) is 7.40. The summed E-state index contributed by atoms with van der Waals surface area (Å²) < 4.78 is 0. The molecule has 1 fully saturated rings. The predicted octanol–water partition coefficient (Wildman–Crippen LogP) is 4.06. The quantitative estimate of drug-likeness (QED) is 0.841. The van der Waals surface area contributed by atoms with Crippen molar-refractivity contribution in [3.8, 4) is 0 Å². The first-order valence-electron chi connectivity index (χ1n) is 7.42. The third-order valence-electron chi connectivity index (χ3n) is 4.25. The van der Waals surface area contributed by atoms with Gasteiger partial charge in [-0.2, -0.15) is 0 Å². The van der Waals surface area contributed by atoms with Gasteiger partial charge in [-0.1, -0.05) is 32.9 Å². The molecule has 0 atom stereocenters. The Balaban J connectivity index is 1.94. The Morgan fingerprint density at radius 2 is 1.63 bits per heavy atom. The van der Waals surface area contributed by atoms with Crippen LogP contribution in [-0.4, -0.2) is 11.6 Å². The molecule has 1 aliphatic rings. The van der Waals surface area contributed by atoms with Crippen LogP contribution >= 0.6 is 0 Å². The van der Waals surface area contributed by atoms with Gasteiger partial charge in [0.25, 0.3) is 0 Å². The van der Waals surface area contributed by atoms with Crippen molar-refractivity contribution in [2.75, 3.05) is 5.32 Å². The molecule has 2 heteroatoms. The summed E-state index contributed by atoms with van der Waals surface area (Å²) in [5, 5.41) is 3.64. The standard InChI is InChI=1S/C17H28N2/c1-16(2,3)13-5-7-14(8-6-13)19-15-9-11-17(4,18)12-10-15/h5-8,15,19H,9-12,18H2,1-4H3. The van der Waals surface area contributed by atoms with Crippen LogP contribution < -0.4 is 11.1 Å². The minimum atomic E-state index is 0.0499. The lowest BCUT2D eigenvalue weighted by molar-refractivity contribution is 0.305. The summed E-state index contributed by atoms with van der Waals surface area (Å²) >= 11 is 0. The van der Waals surface area contributed by atoms with E-state index in [2.05, 4.69) is 57.3 Å². The number of hydrogen-bond acceptors (Lipinski definition) is 2. The highest BCUT2D eigenvalue weighted by Crippen LogP contribution is 2.29. The number of nitrogens with two attached hydrogens (primary N) is 1. The van der Waals surface area contributed by atoms with E-state index in [9.17, 15) is 0 Å². The van der Waals surface area contributed by atoms with Gasteiger partial charge in [0.1, 0.15) is 0 Å². The first-order chi connectivity index (χ1) is 8.76. The molecule has 0 aliphatic heterocycles. The minimum Gasteiger partial charge on any atom is -0.382 e. The van der Waals surface area contributed by atoms with Crippen molar-refractivity contribution in [1.29, 1.82) is 0 Å². The van der Waals surface area contributed by atoms with Crippen molar-refractivity contribution in [2.45, 2.75) is 70.4 Å². The Morgan fingerprint density at radius 1 is 1.11 bits per heavy atom. The highest BCUT2D eigenvalue weighted by molar-refractivity contribution is 5.46. The predicted molar refractivity (Wildman–Crippen MR) is 83.6 cm³/mol. The van der Waals surface area contributed by atoms with Crippen LogP contribution in [0.1, 0.15) is 58.9 Å². The Labute approximate surface area is 117 Å². The van der Waals surface area contributed by atoms with Gasteiger partial charge in [-0.15, -0.1) is 0 Å². The van der Waals surface area contributed by atoms with E-state index in [-0.39, 0.29) is 11.0 Å². The van der Waals surface area contributed by atoms with E-state index in [1.54, 1.807) is 0 Å². The molecule has 3 N–H and O–H groups in total. The van der Waals surface area contributed by atoms with Crippen LogP contribution in [0.2, 0.25) is 0 Å². The number of hydrogen-bond donors (Lipinski definition) is 2. The van der Waals surface area contributed by atoms with Crippen molar-refractivity contribution in [1.82, 2.24) is 0 Å². The molecule has 1 aromatic rings. The molecular formula is C17H28N2. The summed E-state index contributed by atoms with van der Waals surface area (Å²) in [5.74, 6) is 0. The Bertz CT molecular complexity index is 402. The fourth-order valence-electron chi connectivity index (χ4n) is 2.72. The molecule has 1 aliphatic carbocycles. The molecule has 2 nitrogen and oxygen atoms in total. The fraction of sp³-hybridized carbons (Fsp3) is 0.647. The number of anilines is 1. The van der Waals surface area contributed by atoms with Gasteiger partial charge in [-0.25, -0.2) is 0 Å². The van der Waals surface area contributed by atoms with E-state index in [0.29, 0.717) is 6.04 Å². The Hall–Kier alpha value is -1.02. The molecule has 0 radical (unpaired) electrons. The minimum absolute atomic E-state index is 0.0499. The van der Waals surface area contributed by atoms with Gasteiger partial charge in [-0.05, 0) is 55.7 Å². The van der Waals surface area contributed by atoms with Crippen LogP contribution in [0.3, 0.4) is 0 Å². The van der Waals surface area contributed by atoms with E-state index in [0.717, 1.165) is 12.8 Å². The second kappa shape index (κ2) is 5.16. The molecule has 0 heterocycles. The molecule has 0 unspecified atom stereocenters. The third kappa shape index (κ3) is 3.97. The van der Waals surface area contributed by atoms with Crippen molar-refractivity contribution in [2.24, 2.45) is 5.73 Å². The van der Waals surface area contributed by atoms with Gasteiger partial charge < -0.3 is 11.1 Å². The number of benzene rings is 1. The summed E-state index contributed by atoms with van der Waals surface area (Å²) in [6, 6.07) is 9.46. The average molecular weight is 260 g/mol. The van der Waals surface area contributed by atoms with Crippen LogP contribution in [0.4, 0.5) is 5.69 Å². The van der Waals surface area contributed by atoms with Gasteiger partial charge in [0.15, 0.2) is 0 Å². The first kappa shape index (κ1) is 14.4. The Kier molecular flexibility index (Phi) is 3.91. The van der Waals surface area contributed by atoms with Gasteiger partial charge in [-0.3, -0.25) is 0 Å². The molecular weight excluding hydrogens is 232 g/mol. The molecule has 1 aromatic carbocycles. The van der Waals surface area contributed by atoms with Crippen LogP contribution in [0.5, 0.6) is 0 Å².